The summed E-state index contributed by atoms with van der Waals surface area (Å²) in [6.45, 7) is 2.16. The molecule has 0 spiro atoms. The molecule has 2 aromatic carbocycles. The van der Waals surface area contributed by atoms with Gasteiger partial charge in [-0.15, -0.1) is 11.8 Å². The Balaban J connectivity index is 2.56. The summed E-state index contributed by atoms with van der Waals surface area (Å²) in [6.07, 6.45) is 2.18. The Morgan fingerprint density at radius 1 is 1.00 bits per heavy atom. The maximum absolute atomic E-state index is 12.8. The summed E-state index contributed by atoms with van der Waals surface area (Å²) in [6, 6.07) is 19.8. The minimum Gasteiger partial charge on any atom is -0.467 e. The Labute approximate surface area is 136 Å². The van der Waals surface area contributed by atoms with Crippen molar-refractivity contribution < 1.29 is 9.53 Å². The van der Waals surface area contributed by atoms with Crippen molar-refractivity contribution in [2.45, 2.75) is 24.5 Å². The number of hydrogen-bond acceptors (Lipinski definition) is 3. The van der Waals surface area contributed by atoms with E-state index in [-0.39, 0.29) is 5.97 Å². The van der Waals surface area contributed by atoms with E-state index in [2.05, 4.69) is 6.92 Å². The lowest BCUT2D eigenvalue weighted by Crippen LogP contribution is -2.35. The predicted molar refractivity (Wildman–Crippen MR) is 93.0 cm³/mol. The largest absolute Gasteiger partial charge is 0.467 e. The van der Waals surface area contributed by atoms with Crippen molar-refractivity contribution in [1.29, 1.82) is 0 Å². The molecule has 0 radical (unpaired) electrons. The summed E-state index contributed by atoms with van der Waals surface area (Å²) in [5.41, 5.74) is 1.93. The first-order valence-corrected chi connectivity index (χ1v) is 8.57. The van der Waals surface area contributed by atoms with Gasteiger partial charge in [0, 0.05) is 0 Å². The van der Waals surface area contributed by atoms with Crippen LogP contribution >= 0.6 is 11.8 Å². The summed E-state index contributed by atoms with van der Waals surface area (Å²) >= 11 is 1.66. The van der Waals surface area contributed by atoms with Crippen molar-refractivity contribution in [3.63, 3.8) is 0 Å². The van der Waals surface area contributed by atoms with Crippen LogP contribution in [-0.2, 0) is 14.3 Å². The van der Waals surface area contributed by atoms with Crippen LogP contribution in [0.5, 0.6) is 0 Å². The van der Waals surface area contributed by atoms with Crippen LogP contribution in [0.4, 0.5) is 0 Å². The molecule has 0 aliphatic rings. The molecule has 116 valence electrons. The van der Waals surface area contributed by atoms with Gasteiger partial charge in [-0.25, -0.2) is 4.79 Å². The number of carbonyl (C=O) groups excluding carboxylic acids is 1. The van der Waals surface area contributed by atoms with E-state index in [9.17, 15) is 4.79 Å². The van der Waals surface area contributed by atoms with Gasteiger partial charge in [0.15, 0.2) is 4.75 Å². The third-order valence-corrected chi connectivity index (χ3v) is 5.21. The van der Waals surface area contributed by atoms with Gasteiger partial charge in [-0.3, -0.25) is 0 Å². The average molecular weight is 314 g/mol. The second kappa shape index (κ2) is 8.04. The van der Waals surface area contributed by atoms with E-state index >= 15 is 0 Å². The fourth-order valence-electron chi connectivity index (χ4n) is 2.49. The highest BCUT2D eigenvalue weighted by atomic mass is 32.2. The van der Waals surface area contributed by atoms with Gasteiger partial charge in [-0.2, -0.15) is 0 Å². The number of methoxy groups -OCH3 is 1. The van der Waals surface area contributed by atoms with Crippen LogP contribution in [0, 0.1) is 0 Å². The average Bonchev–Trinajstić information content (AvgIpc) is 2.60. The van der Waals surface area contributed by atoms with Crippen LogP contribution in [-0.4, -0.2) is 18.8 Å². The minimum atomic E-state index is -0.799. The zero-order valence-electron chi connectivity index (χ0n) is 13.1. The molecule has 3 heteroatoms. The number of rotatable bonds is 7. The van der Waals surface area contributed by atoms with E-state index in [1.165, 1.54) is 7.11 Å². The normalized spacial score (nSPS) is 11.2. The molecule has 0 saturated heterocycles. The summed E-state index contributed by atoms with van der Waals surface area (Å²) in [7, 11) is 1.46. The molecule has 0 aromatic heterocycles. The Kier molecular flexibility index (Phi) is 6.08. The fraction of sp³-hybridized carbons (Fsp3) is 0.316. The van der Waals surface area contributed by atoms with Gasteiger partial charge in [0.1, 0.15) is 0 Å². The molecule has 0 bridgehead atoms. The molecule has 0 saturated carbocycles. The number of thioether (sulfide) groups is 1. The number of hydrogen-bond donors (Lipinski definition) is 0. The van der Waals surface area contributed by atoms with Gasteiger partial charge in [-0.05, 0) is 23.3 Å². The van der Waals surface area contributed by atoms with Crippen molar-refractivity contribution in [1.82, 2.24) is 0 Å². The van der Waals surface area contributed by atoms with Crippen molar-refractivity contribution in [2.75, 3.05) is 12.9 Å². The maximum Gasteiger partial charge on any atom is 0.331 e. The summed E-state index contributed by atoms with van der Waals surface area (Å²) in [5.74, 6) is 0.695. The zero-order valence-corrected chi connectivity index (χ0v) is 13.9. The lowest BCUT2D eigenvalue weighted by atomic mass is 9.90. The molecule has 0 unspecified atom stereocenters. The van der Waals surface area contributed by atoms with Gasteiger partial charge in [0.25, 0.3) is 0 Å². The van der Waals surface area contributed by atoms with Crippen LogP contribution in [0.3, 0.4) is 0 Å². The monoisotopic (exact) mass is 314 g/mol. The van der Waals surface area contributed by atoms with Crippen molar-refractivity contribution in [3.8, 4) is 0 Å². The van der Waals surface area contributed by atoms with Gasteiger partial charge >= 0.3 is 5.97 Å². The van der Waals surface area contributed by atoms with Crippen LogP contribution in [0.25, 0.3) is 0 Å². The van der Waals surface area contributed by atoms with Crippen molar-refractivity contribution in [3.05, 3.63) is 71.8 Å². The molecule has 0 N–H and O–H groups in total. The van der Waals surface area contributed by atoms with Crippen LogP contribution in [0.2, 0.25) is 0 Å². The molecule has 2 nitrogen and oxygen atoms in total. The third kappa shape index (κ3) is 3.36. The molecule has 2 rings (SSSR count). The number of unbranched alkanes of at least 4 members (excludes halogenated alkanes) is 1. The van der Waals surface area contributed by atoms with Gasteiger partial charge < -0.3 is 4.74 Å². The molecular weight excluding hydrogens is 292 g/mol. The second-order valence-electron chi connectivity index (χ2n) is 5.11. The standard InChI is InChI=1S/C19H22O2S/c1-3-4-15-22-19(18(20)21-2,16-11-7-5-8-12-16)17-13-9-6-10-14-17/h5-14H,3-4,15H2,1-2H3. The Morgan fingerprint density at radius 3 is 1.91 bits per heavy atom. The van der Waals surface area contributed by atoms with Crippen LogP contribution in [0.15, 0.2) is 60.7 Å². The SMILES string of the molecule is CCCCSC(C(=O)OC)(c1ccccc1)c1ccccc1. The van der Waals surface area contributed by atoms with E-state index in [1.54, 1.807) is 11.8 Å². The second-order valence-corrected chi connectivity index (χ2v) is 6.42. The van der Waals surface area contributed by atoms with Gasteiger partial charge in [0.05, 0.1) is 7.11 Å². The Morgan fingerprint density at radius 2 is 1.50 bits per heavy atom. The molecule has 0 aliphatic carbocycles. The predicted octanol–water partition coefficient (Wildman–Crippen LogP) is 4.64. The molecule has 0 atom stereocenters. The van der Waals surface area contributed by atoms with Gasteiger partial charge in [0.2, 0.25) is 0 Å². The van der Waals surface area contributed by atoms with Crippen molar-refractivity contribution >= 4 is 17.7 Å². The highest BCUT2D eigenvalue weighted by Gasteiger charge is 2.43. The molecule has 0 amide bonds. The fourth-order valence-corrected chi connectivity index (χ4v) is 4.03. The quantitative estimate of drug-likeness (QED) is 0.550. The van der Waals surface area contributed by atoms with Crippen LogP contribution < -0.4 is 0 Å². The minimum absolute atomic E-state index is 0.217. The molecular formula is C19H22O2S. The third-order valence-electron chi connectivity index (χ3n) is 3.65. The topological polar surface area (TPSA) is 26.3 Å². The maximum atomic E-state index is 12.8. The summed E-state index contributed by atoms with van der Waals surface area (Å²) < 4.78 is 4.40. The zero-order chi connectivity index (χ0) is 15.8. The molecule has 0 heterocycles. The first-order chi connectivity index (χ1) is 10.8. The van der Waals surface area contributed by atoms with E-state index < -0.39 is 4.75 Å². The lowest BCUT2D eigenvalue weighted by Gasteiger charge is -2.31. The van der Waals surface area contributed by atoms with E-state index in [0.29, 0.717) is 0 Å². The highest BCUT2D eigenvalue weighted by Crippen LogP contribution is 2.44. The Hall–Kier alpha value is -1.74. The smallest absolute Gasteiger partial charge is 0.331 e. The molecule has 2 aromatic rings. The first-order valence-electron chi connectivity index (χ1n) is 7.59. The molecule has 0 fully saturated rings. The number of benzene rings is 2. The molecule has 22 heavy (non-hydrogen) atoms. The molecule has 0 aliphatic heterocycles. The highest BCUT2D eigenvalue weighted by molar-refractivity contribution is 8.01. The number of esters is 1. The lowest BCUT2D eigenvalue weighted by molar-refractivity contribution is -0.142. The Bertz CT molecular complexity index is 541. The van der Waals surface area contributed by atoms with Crippen molar-refractivity contribution in [2.24, 2.45) is 0 Å². The number of ether oxygens (including phenoxy) is 1. The van der Waals surface area contributed by atoms with Crippen LogP contribution in [0.1, 0.15) is 30.9 Å². The van der Waals surface area contributed by atoms with Gasteiger partial charge in [-0.1, -0.05) is 74.0 Å². The summed E-state index contributed by atoms with van der Waals surface area (Å²) in [5, 5.41) is 0. The number of carbonyl (C=O) groups is 1. The summed E-state index contributed by atoms with van der Waals surface area (Å²) in [4.78, 5) is 12.8. The van der Waals surface area contributed by atoms with E-state index in [0.717, 1.165) is 29.7 Å². The van der Waals surface area contributed by atoms with E-state index in [4.69, 9.17) is 4.74 Å². The first kappa shape index (κ1) is 16.6. The van der Waals surface area contributed by atoms with E-state index in [1.807, 2.05) is 60.7 Å².